The topological polar surface area (TPSA) is 89.6 Å². The quantitative estimate of drug-likeness (QED) is 0.789. The highest BCUT2D eigenvalue weighted by atomic mass is 16.5. The molecule has 0 aliphatic rings. The first-order chi connectivity index (χ1) is 8.79. The van der Waals surface area contributed by atoms with Crippen molar-refractivity contribution in [1.29, 1.82) is 0 Å². The molecule has 1 aromatic rings. The molecule has 0 saturated carbocycles. The lowest BCUT2D eigenvalue weighted by molar-refractivity contribution is -0.137. The number of carbonyl (C=O) groups is 2. The molecule has 0 bridgehead atoms. The van der Waals surface area contributed by atoms with Gasteiger partial charge < -0.3 is 15.6 Å². The third-order valence-corrected chi connectivity index (χ3v) is 3.25. The third kappa shape index (κ3) is 3.12. The molecule has 5 heteroatoms. The summed E-state index contributed by atoms with van der Waals surface area (Å²) in [5, 5.41) is 8.70. The molecule has 0 aliphatic carbocycles. The fraction of sp³-hybridized carbons (Fsp3) is 0.429. The van der Waals surface area contributed by atoms with Crippen LogP contribution in [0, 0.1) is 20.8 Å². The SMILES string of the molecule is COc1cc(C)c(C(=O)C(N)CC(=O)O)c(C)c1C. The molecule has 1 rings (SSSR count). The van der Waals surface area contributed by atoms with Gasteiger partial charge in [-0.05, 0) is 43.5 Å². The van der Waals surface area contributed by atoms with E-state index in [2.05, 4.69) is 0 Å². The summed E-state index contributed by atoms with van der Waals surface area (Å²) in [6, 6.07) is 0.742. The lowest BCUT2D eigenvalue weighted by Gasteiger charge is -2.17. The number of ketones is 1. The molecule has 3 N–H and O–H groups in total. The normalized spacial score (nSPS) is 12.1. The highest BCUT2D eigenvalue weighted by molar-refractivity contribution is 6.04. The van der Waals surface area contributed by atoms with Gasteiger partial charge >= 0.3 is 5.97 Å². The Bertz CT molecular complexity index is 523. The molecule has 0 spiro atoms. The van der Waals surface area contributed by atoms with Crippen molar-refractivity contribution in [2.75, 3.05) is 7.11 Å². The Balaban J connectivity index is 3.24. The number of carboxylic acid groups (broad SMARTS) is 1. The Labute approximate surface area is 112 Å². The molecule has 1 aromatic carbocycles. The number of benzene rings is 1. The second-order valence-corrected chi connectivity index (χ2v) is 4.59. The number of ether oxygens (including phenoxy) is 1. The summed E-state index contributed by atoms with van der Waals surface area (Å²) < 4.78 is 5.23. The highest BCUT2D eigenvalue weighted by Crippen LogP contribution is 2.28. The first-order valence-electron chi connectivity index (χ1n) is 5.96. The predicted octanol–water partition coefficient (Wildman–Crippen LogP) is 1.61. The van der Waals surface area contributed by atoms with E-state index in [9.17, 15) is 9.59 Å². The molecule has 5 nitrogen and oxygen atoms in total. The van der Waals surface area contributed by atoms with E-state index in [4.69, 9.17) is 15.6 Å². The number of nitrogens with two attached hydrogens (primary N) is 1. The zero-order chi connectivity index (χ0) is 14.7. The maximum atomic E-state index is 12.2. The van der Waals surface area contributed by atoms with Crippen LogP contribution in [0.5, 0.6) is 5.75 Å². The molecule has 19 heavy (non-hydrogen) atoms. The Morgan fingerprint density at radius 1 is 1.32 bits per heavy atom. The van der Waals surface area contributed by atoms with Crippen molar-refractivity contribution < 1.29 is 19.4 Å². The van der Waals surface area contributed by atoms with Gasteiger partial charge in [-0.25, -0.2) is 0 Å². The second kappa shape index (κ2) is 5.84. The van der Waals surface area contributed by atoms with E-state index < -0.39 is 12.0 Å². The van der Waals surface area contributed by atoms with Gasteiger partial charge in [0, 0.05) is 5.56 Å². The molecule has 1 atom stereocenters. The van der Waals surface area contributed by atoms with E-state index in [1.54, 1.807) is 20.1 Å². The zero-order valence-electron chi connectivity index (χ0n) is 11.6. The van der Waals surface area contributed by atoms with Gasteiger partial charge in [0.1, 0.15) is 5.75 Å². The number of methoxy groups -OCH3 is 1. The molecular formula is C14H19NO4. The standard InChI is InChI=1S/C14H19NO4/c1-7-5-11(19-4)8(2)9(3)13(7)14(18)10(15)6-12(16)17/h5,10H,6,15H2,1-4H3,(H,16,17). The van der Waals surface area contributed by atoms with E-state index in [1.807, 2.05) is 13.8 Å². The van der Waals surface area contributed by atoms with Gasteiger partial charge in [-0.15, -0.1) is 0 Å². The molecule has 104 valence electrons. The minimum atomic E-state index is -1.08. The molecule has 1 unspecified atom stereocenters. The summed E-state index contributed by atoms with van der Waals surface area (Å²) >= 11 is 0. The average Bonchev–Trinajstić information content (AvgIpc) is 2.32. The molecule has 0 amide bonds. The van der Waals surface area contributed by atoms with Gasteiger partial charge in [0.25, 0.3) is 0 Å². The van der Waals surface area contributed by atoms with Crippen LogP contribution in [0.4, 0.5) is 0 Å². The maximum absolute atomic E-state index is 12.2. The van der Waals surface area contributed by atoms with Gasteiger partial charge in [0.15, 0.2) is 5.78 Å². The summed E-state index contributed by atoms with van der Waals surface area (Å²) in [4.78, 5) is 22.9. The van der Waals surface area contributed by atoms with Crippen molar-refractivity contribution >= 4 is 11.8 Å². The van der Waals surface area contributed by atoms with E-state index >= 15 is 0 Å². The first-order valence-corrected chi connectivity index (χ1v) is 5.96. The fourth-order valence-corrected chi connectivity index (χ4v) is 2.10. The number of hydrogen-bond donors (Lipinski definition) is 2. The Morgan fingerprint density at radius 2 is 1.89 bits per heavy atom. The van der Waals surface area contributed by atoms with Crippen LogP contribution >= 0.6 is 0 Å². The number of carboxylic acids is 1. The summed E-state index contributed by atoms with van der Waals surface area (Å²) in [6.07, 6.45) is -0.372. The van der Waals surface area contributed by atoms with E-state index in [0.717, 1.165) is 16.7 Å². The molecule has 0 saturated heterocycles. The summed E-state index contributed by atoms with van der Waals surface area (Å²) in [5.41, 5.74) is 8.52. The Morgan fingerprint density at radius 3 is 2.37 bits per heavy atom. The number of Topliss-reactive ketones (excluding diaryl/α,β-unsaturated/α-hetero) is 1. The third-order valence-electron chi connectivity index (χ3n) is 3.25. The Hall–Kier alpha value is -1.88. The van der Waals surface area contributed by atoms with Crippen molar-refractivity contribution in [1.82, 2.24) is 0 Å². The van der Waals surface area contributed by atoms with E-state index in [-0.39, 0.29) is 12.2 Å². The van der Waals surface area contributed by atoms with Gasteiger partial charge in [0.05, 0.1) is 19.6 Å². The average molecular weight is 265 g/mol. The van der Waals surface area contributed by atoms with Crippen molar-refractivity contribution in [3.63, 3.8) is 0 Å². The number of rotatable bonds is 5. The molecule has 0 aromatic heterocycles. The zero-order valence-corrected chi connectivity index (χ0v) is 11.6. The molecular weight excluding hydrogens is 246 g/mol. The largest absolute Gasteiger partial charge is 0.496 e. The van der Waals surface area contributed by atoms with Crippen LogP contribution in [0.3, 0.4) is 0 Å². The van der Waals surface area contributed by atoms with Crippen molar-refractivity contribution in [3.8, 4) is 5.75 Å². The van der Waals surface area contributed by atoms with Gasteiger partial charge in [-0.3, -0.25) is 9.59 Å². The number of aryl methyl sites for hydroxylation is 1. The van der Waals surface area contributed by atoms with E-state index in [1.165, 1.54) is 0 Å². The van der Waals surface area contributed by atoms with Crippen LogP contribution in [-0.2, 0) is 4.79 Å². The van der Waals surface area contributed by atoms with Crippen molar-refractivity contribution in [3.05, 3.63) is 28.3 Å². The van der Waals surface area contributed by atoms with Gasteiger partial charge in [-0.2, -0.15) is 0 Å². The van der Waals surface area contributed by atoms with Gasteiger partial charge in [0.2, 0.25) is 0 Å². The smallest absolute Gasteiger partial charge is 0.305 e. The maximum Gasteiger partial charge on any atom is 0.305 e. The number of hydrogen-bond acceptors (Lipinski definition) is 4. The minimum absolute atomic E-state index is 0.344. The van der Waals surface area contributed by atoms with Crippen LogP contribution < -0.4 is 10.5 Å². The van der Waals surface area contributed by atoms with Crippen LogP contribution in [0.1, 0.15) is 33.5 Å². The molecule has 0 heterocycles. The highest BCUT2D eigenvalue weighted by Gasteiger charge is 2.23. The summed E-state index contributed by atoms with van der Waals surface area (Å²) in [6.45, 7) is 5.45. The second-order valence-electron chi connectivity index (χ2n) is 4.59. The minimum Gasteiger partial charge on any atom is -0.496 e. The van der Waals surface area contributed by atoms with Gasteiger partial charge in [-0.1, -0.05) is 0 Å². The fourth-order valence-electron chi connectivity index (χ4n) is 2.10. The number of carbonyl (C=O) groups excluding carboxylic acids is 1. The van der Waals surface area contributed by atoms with E-state index in [0.29, 0.717) is 11.3 Å². The molecule has 0 fully saturated rings. The predicted molar refractivity (Wildman–Crippen MR) is 71.8 cm³/mol. The number of aliphatic carboxylic acids is 1. The van der Waals surface area contributed by atoms with Crippen LogP contribution in [0.25, 0.3) is 0 Å². The summed E-state index contributed by atoms with van der Waals surface area (Å²) in [7, 11) is 1.57. The lowest BCUT2D eigenvalue weighted by atomic mass is 9.91. The van der Waals surface area contributed by atoms with Crippen molar-refractivity contribution in [2.24, 2.45) is 5.73 Å². The van der Waals surface area contributed by atoms with Crippen molar-refractivity contribution in [2.45, 2.75) is 33.2 Å². The molecule has 0 radical (unpaired) electrons. The van der Waals surface area contributed by atoms with Crippen LogP contribution in [0.15, 0.2) is 6.07 Å². The first kappa shape index (κ1) is 15.2. The monoisotopic (exact) mass is 265 g/mol. The Kier molecular flexibility index (Phi) is 4.67. The van der Waals surface area contributed by atoms with Crippen LogP contribution in [0.2, 0.25) is 0 Å². The summed E-state index contributed by atoms with van der Waals surface area (Å²) in [5.74, 6) is -0.720. The van der Waals surface area contributed by atoms with Crippen LogP contribution in [-0.4, -0.2) is 30.0 Å². The molecule has 0 aliphatic heterocycles. The lowest BCUT2D eigenvalue weighted by Crippen LogP contribution is -2.34.